The molecule has 2 rings (SSSR count). The van der Waals surface area contributed by atoms with Crippen molar-refractivity contribution in [3.8, 4) is 5.75 Å². The summed E-state index contributed by atoms with van der Waals surface area (Å²) in [4.78, 5) is 11.9. The number of ether oxygens (including phenoxy) is 1. The molecule has 0 aliphatic heterocycles. The van der Waals surface area contributed by atoms with E-state index in [0.717, 1.165) is 18.6 Å². The highest BCUT2D eigenvalue weighted by Crippen LogP contribution is 2.17. The Morgan fingerprint density at radius 2 is 2.00 bits per heavy atom. The van der Waals surface area contributed by atoms with Crippen LogP contribution in [0.5, 0.6) is 5.75 Å². The summed E-state index contributed by atoms with van der Waals surface area (Å²) in [5, 5.41) is 6.28. The number of carbonyl (C=O) groups is 1. The highest BCUT2D eigenvalue weighted by molar-refractivity contribution is 5.81. The van der Waals surface area contributed by atoms with Gasteiger partial charge in [-0.3, -0.25) is 4.79 Å². The molecule has 1 aliphatic rings. The third-order valence-corrected chi connectivity index (χ3v) is 3.66. The van der Waals surface area contributed by atoms with E-state index in [0.29, 0.717) is 19.2 Å². The Labute approximate surface area is 120 Å². The summed E-state index contributed by atoms with van der Waals surface area (Å²) in [6.45, 7) is 3.12. The Morgan fingerprint density at radius 1 is 1.30 bits per heavy atom. The fourth-order valence-corrected chi connectivity index (χ4v) is 2.45. The first-order chi connectivity index (χ1) is 9.75. The van der Waals surface area contributed by atoms with Crippen molar-refractivity contribution >= 4 is 5.91 Å². The van der Waals surface area contributed by atoms with Crippen LogP contribution in [0.2, 0.25) is 0 Å². The van der Waals surface area contributed by atoms with E-state index >= 15 is 0 Å². The predicted octanol–water partition coefficient (Wildman–Crippen LogP) is 2.10. The summed E-state index contributed by atoms with van der Waals surface area (Å²) >= 11 is 0. The van der Waals surface area contributed by atoms with E-state index in [1.54, 1.807) is 0 Å². The van der Waals surface area contributed by atoms with Crippen molar-refractivity contribution in [2.24, 2.45) is 0 Å². The Balaban J connectivity index is 1.59. The van der Waals surface area contributed by atoms with Gasteiger partial charge in [0.2, 0.25) is 5.91 Å². The zero-order valence-electron chi connectivity index (χ0n) is 12.1. The Kier molecular flexibility index (Phi) is 5.87. The molecule has 1 atom stereocenters. The second-order valence-corrected chi connectivity index (χ2v) is 5.33. The van der Waals surface area contributed by atoms with Crippen molar-refractivity contribution in [3.63, 3.8) is 0 Å². The van der Waals surface area contributed by atoms with Gasteiger partial charge in [-0.1, -0.05) is 31.0 Å². The molecule has 20 heavy (non-hydrogen) atoms. The summed E-state index contributed by atoms with van der Waals surface area (Å²) in [7, 11) is 0. The van der Waals surface area contributed by atoms with E-state index in [4.69, 9.17) is 4.74 Å². The third-order valence-electron chi connectivity index (χ3n) is 3.66. The van der Waals surface area contributed by atoms with Gasteiger partial charge in [0.25, 0.3) is 0 Å². The van der Waals surface area contributed by atoms with Crippen LogP contribution in [0.3, 0.4) is 0 Å². The molecule has 0 unspecified atom stereocenters. The summed E-state index contributed by atoms with van der Waals surface area (Å²) in [6.07, 6.45) is 4.71. The van der Waals surface area contributed by atoms with Gasteiger partial charge in [0.05, 0.1) is 6.04 Å². The standard InChI is InChI=1S/C16H24N2O2/c1-13(16(19)18-14-7-5-6-8-14)17-11-12-20-15-9-3-2-4-10-15/h2-4,9-10,13-14,17H,5-8,11-12H2,1H3,(H,18,19)/t13-/m0/s1. The Morgan fingerprint density at radius 3 is 2.70 bits per heavy atom. The molecule has 4 heteroatoms. The predicted molar refractivity (Wildman–Crippen MR) is 79.8 cm³/mol. The second-order valence-electron chi connectivity index (χ2n) is 5.33. The first-order valence-corrected chi connectivity index (χ1v) is 7.47. The molecule has 1 aromatic carbocycles. The number of hydrogen-bond donors (Lipinski definition) is 2. The number of carbonyl (C=O) groups excluding carboxylic acids is 1. The molecule has 0 aromatic heterocycles. The number of amides is 1. The number of rotatable bonds is 7. The van der Waals surface area contributed by atoms with Gasteiger partial charge in [0.15, 0.2) is 0 Å². The molecule has 2 N–H and O–H groups in total. The highest BCUT2D eigenvalue weighted by Gasteiger charge is 2.19. The fourth-order valence-electron chi connectivity index (χ4n) is 2.45. The number of nitrogens with one attached hydrogen (secondary N) is 2. The van der Waals surface area contributed by atoms with Crippen LogP contribution in [0.4, 0.5) is 0 Å². The Hall–Kier alpha value is -1.55. The van der Waals surface area contributed by atoms with E-state index in [2.05, 4.69) is 10.6 Å². The second kappa shape index (κ2) is 7.90. The van der Waals surface area contributed by atoms with Gasteiger partial charge >= 0.3 is 0 Å². The average Bonchev–Trinajstić information content (AvgIpc) is 2.97. The van der Waals surface area contributed by atoms with E-state index < -0.39 is 0 Å². The molecule has 1 aromatic rings. The van der Waals surface area contributed by atoms with E-state index in [-0.39, 0.29) is 11.9 Å². The van der Waals surface area contributed by atoms with Crippen LogP contribution in [-0.4, -0.2) is 31.1 Å². The maximum Gasteiger partial charge on any atom is 0.237 e. The van der Waals surface area contributed by atoms with E-state index in [1.807, 2.05) is 37.3 Å². The summed E-state index contributed by atoms with van der Waals surface area (Å²) in [5.41, 5.74) is 0. The average molecular weight is 276 g/mol. The van der Waals surface area contributed by atoms with Gasteiger partial charge in [-0.2, -0.15) is 0 Å². The van der Waals surface area contributed by atoms with Gasteiger partial charge in [0.1, 0.15) is 12.4 Å². The molecule has 1 saturated carbocycles. The normalized spacial score (nSPS) is 16.9. The summed E-state index contributed by atoms with van der Waals surface area (Å²) in [6, 6.07) is 9.91. The highest BCUT2D eigenvalue weighted by atomic mass is 16.5. The molecule has 4 nitrogen and oxygen atoms in total. The largest absolute Gasteiger partial charge is 0.492 e. The molecule has 110 valence electrons. The van der Waals surface area contributed by atoms with E-state index in [9.17, 15) is 4.79 Å². The lowest BCUT2D eigenvalue weighted by atomic mass is 10.2. The monoisotopic (exact) mass is 276 g/mol. The van der Waals surface area contributed by atoms with Crippen molar-refractivity contribution in [1.29, 1.82) is 0 Å². The van der Waals surface area contributed by atoms with Crippen LogP contribution in [0, 0.1) is 0 Å². The molecule has 1 amide bonds. The number of para-hydroxylation sites is 1. The molecule has 0 bridgehead atoms. The minimum atomic E-state index is -0.171. The summed E-state index contributed by atoms with van der Waals surface area (Å²) < 4.78 is 5.58. The van der Waals surface area contributed by atoms with Crippen molar-refractivity contribution in [3.05, 3.63) is 30.3 Å². The quantitative estimate of drug-likeness (QED) is 0.750. The number of hydrogen-bond acceptors (Lipinski definition) is 3. The topological polar surface area (TPSA) is 50.4 Å². The van der Waals surface area contributed by atoms with Gasteiger partial charge in [-0.15, -0.1) is 0 Å². The molecule has 0 spiro atoms. The van der Waals surface area contributed by atoms with Crippen LogP contribution >= 0.6 is 0 Å². The lowest BCUT2D eigenvalue weighted by Gasteiger charge is -2.17. The van der Waals surface area contributed by atoms with Gasteiger partial charge in [-0.05, 0) is 31.9 Å². The van der Waals surface area contributed by atoms with E-state index in [1.165, 1.54) is 12.8 Å². The smallest absolute Gasteiger partial charge is 0.237 e. The molecule has 0 saturated heterocycles. The van der Waals surface area contributed by atoms with Crippen LogP contribution in [-0.2, 0) is 4.79 Å². The van der Waals surface area contributed by atoms with Crippen molar-refractivity contribution < 1.29 is 9.53 Å². The fraction of sp³-hybridized carbons (Fsp3) is 0.562. The van der Waals surface area contributed by atoms with Gasteiger partial charge < -0.3 is 15.4 Å². The molecule has 0 heterocycles. The number of benzene rings is 1. The molecule has 1 aliphatic carbocycles. The van der Waals surface area contributed by atoms with Gasteiger partial charge in [0, 0.05) is 12.6 Å². The molecule has 0 radical (unpaired) electrons. The van der Waals surface area contributed by atoms with Crippen LogP contribution in [0.25, 0.3) is 0 Å². The zero-order chi connectivity index (χ0) is 14.2. The van der Waals surface area contributed by atoms with Crippen LogP contribution in [0.15, 0.2) is 30.3 Å². The SMILES string of the molecule is C[C@H](NCCOc1ccccc1)C(=O)NC1CCCC1. The minimum absolute atomic E-state index is 0.0941. The molecule has 1 fully saturated rings. The van der Waals surface area contributed by atoms with Crippen molar-refractivity contribution in [1.82, 2.24) is 10.6 Å². The van der Waals surface area contributed by atoms with Gasteiger partial charge in [-0.25, -0.2) is 0 Å². The third kappa shape index (κ3) is 4.85. The maximum atomic E-state index is 11.9. The lowest BCUT2D eigenvalue weighted by Crippen LogP contribution is -2.46. The minimum Gasteiger partial charge on any atom is -0.492 e. The van der Waals surface area contributed by atoms with Crippen molar-refractivity contribution in [2.45, 2.75) is 44.7 Å². The zero-order valence-corrected chi connectivity index (χ0v) is 12.1. The first-order valence-electron chi connectivity index (χ1n) is 7.47. The first kappa shape index (κ1) is 14.9. The molecular formula is C16H24N2O2. The van der Waals surface area contributed by atoms with Crippen molar-refractivity contribution in [2.75, 3.05) is 13.2 Å². The molecular weight excluding hydrogens is 252 g/mol. The summed E-state index contributed by atoms with van der Waals surface area (Å²) in [5.74, 6) is 0.953. The van der Waals surface area contributed by atoms with Crippen LogP contribution in [0.1, 0.15) is 32.6 Å². The maximum absolute atomic E-state index is 11.9. The lowest BCUT2D eigenvalue weighted by molar-refractivity contribution is -0.123. The Bertz CT molecular complexity index is 402. The van der Waals surface area contributed by atoms with Crippen LogP contribution < -0.4 is 15.4 Å².